The molecule has 1 heterocycles. The van der Waals surface area contributed by atoms with Crippen molar-refractivity contribution in [2.75, 3.05) is 13.6 Å². The molecule has 3 heteroatoms. The van der Waals surface area contributed by atoms with Crippen molar-refractivity contribution in [1.29, 1.82) is 5.26 Å². The Bertz CT molecular complexity index is 265. The van der Waals surface area contributed by atoms with Gasteiger partial charge in [0.1, 0.15) is 0 Å². The zero-order valence-electron chi connectivity index (χ0n) is 10.5. The molecule has 1 unspecified atom stereocenters. The molecule has 0 spiro atoms. The van der Waals surface area contributed by atoms with Crippen LogP contribution >= 0.6 is 0 Å². The van der Waals surface area contributed by atoms with Gasteiger partial charge in [-0.25, -0.2) is 0 Å². The van der Waals surface area contributed by atoms with Crippen LogP contribution in [-0.4, -0.2) is 35.7 Å². The summed E-state index contributed by atoms with van der Waals surface area (Å²) in [6.07, 6.45) is 1.62. The van der Waals surface area contributed by atoms with Gasteiger partial charge < -0.3 is 4.74 Å². The minimum atomic E-state index is -0.117. The van der Waals surface area contributed by atoms with Crippen LogP contribution in [0.25, 0.3) is 0 Å². The Balaban J connectivity index is 2.66. The first-order valence-corrected chi connectivity index (χ1v) is 5.56. The zero-order chi connectivity index (χ0) is 11.7. The monoisotopic (exact) mass is 210 g/mol. The van der Waals surface area contributed by atoms with Crippen LogP contribution in [0.4, 0.5) is 0 Å². The predicted octanol–water partition coefficient (Wildman–Crippen LogP) is 2.18. The summed E-state index contributed by atoms with van der Waals surface area (Å²) in [5.74, 6) is 0. The van der Waals surface area contributed by atoms with Gasteiger partial charge in [0.05, 0.1) is 17.3 Å². The van der Waals surface area contributed by atoms with Crippen molar-refractivity contribution in [3.05, 3.63) is 0 Å². The number of nitrogens with zero attached hydrogens (tertiary/aromatic N) is 2. The second kappa shape index (κ2) is 4.11. The molecule has 0 aromatic rings. The van der Waals surface area contributed by atoms with E-state index in [0.717, 1.165) is 13.0 Å². The van der Waals surface area contributed by atoms with Gasteiger partial charge in [0.2, 0.25) is 0 Å². The van der Waals surface area contributed by atoms with E-state index in [1.54, 1.807) is 0 Å². The van der Waals surface area contributed by atoms with Gasteiger partial charge in [-0.15, -0.1) is 0 Å². The van der Waals surface area contributed by atoms with Gasteiger partial charge in [-0.1, -0.05) is 0 Å². The maximum Gasteiger partial charge on any atom is 0.0789 e. The molecule has 1 atom stereocenters. The Labute approximate surface area is 93.0 Å². The van der Waals surface area contributed by atoms with Crippen molar-refractivity contribution < 1.29 is 4.74 Å². The molecular formula is C12H22N2O. The lowest BCUT2D eigenvalue weighted by atomic mass is 9.93. The second-order valence-electron chi connectivity index (χ2n) is 5.57. The zero-order valence-corrected chi connectivity index (χ0v) is 10.5. The van der Waals surface area contributed by atoms with Gasteiger partial charge in [0, 0.05) is 19.0 Å². The summed E-state index contributed by atoms with van der Waals surface area (Å²) in [6, 6.07) is 2.59. The number of rotatable bonds is 3. The van der Waals surface area contributed by atoms with Crippen molar-refractivity contribution in [3.8, 4) is 6.07 Å². The number of ether oxygens (including phenoxy) is 1. The molecule has 1 fully saturated rings. The van der Waals surface area contributed by atoms with E-state index in [-0.39, 0.29) is 11.2 Å². The first-order valence-electron chi connectivity index (χ1n) is 5.56. The quantitative estimate of drug-likeness (QED) is 0.716. The molecule has 0 aliphatic carbocycles. The molecule has 0 aromatic carbocycles. The van der Waals surface area contributed by atoms with E-state index in [2.05, 4.69) is 45.7 Å². The molecule has 15 heavy (non-hydrogen) atoms. The van der Waals surface area contributed by atoms with Crippen LogP contribution in [0.15, 0.2) is 0 Å². The molecule has 0 N–H and O–H groups in total. The van der Waals surface area contributed by atoms with Crippen molar-refractivity contribution in [1.82, 2.24) is 4.90 Å². The van der Waals surface area contributed by atoms with Gasteiger partial charge in [-0.05, 0) is 41.2 Å². The lowest BCUT2D eigenvalue weighted by Gasteiger charge is -2.33. The molecule has 1 rings (SSSR count). The summed E-state index contributed by atoms with van der Waals surface area (Å²) in [4.78, 5) is 2.25. The summed E-state index contributed by atoms with van der Waals surface area (Å²) in [5.41, 5.74) is -0.164. The molecular weight excluding hydrogens is 188 g/mol. The highest BCUT2D eigenvalue weighted by Gasteiger charge is 2.47. The summed E-state index contributed by atoms with van der Waals surface area (Å²) < 4.78 is 6.03. The SMILES string of the molecule is CN(CCC#N)C1CC(C)(C)OC1(C)C. The third kappa shape index (κ3) is 2.93. The average molecular weight is 210 g/mol. The number of nitriles is 1. The summed E-state index contributed by atoms with van der Waals surface area (Å²) in [6.45, 7) is 9.36. The molecule has 0 amide bonds. The second-order valence-corrected chi connectivity index (χ2v) is 5.57. The molecule has 3 nitrogen and oxygen atoms in total. The van der Waals surface area contributed by atoms with Crippen molar-refractivity contribution in [2.24, 2.45) is 0 Å². The molecule has 0 bridgehead atoms. The van der Waals surface area contributed by atoms with E-state index >= 15 is 0 Å². The third-order valence-electron chi connectivity index (χ3n) is 3.14. The highest BCUT2D eigenvalue weighted by atomic mass is 16.5. The minimum Gasteiger partial charge on any atom is -0.368 e. The Morgan fingerprint density at radius 3 is 2.40 bits per heavy atom. The van der Waals surface area contributed by atoms with E-state index in [0.29, 0.717) is 12.5 Å². The van der Waals surface area contributed by atoms with Gasteiger partial charge in [-0.3, -0.25) is 4.90 Å². The molecule has 1 aliphatic heterocycles. The fourth-order valence-corrected chi connectivity index (χ4v) is 2.60. The minimum absolute atomic E-state index is 0.0466. The van der Waals surface area contributed by atoms with E-state index in [1.807, 2.05) is 0 Å². The summed E-state index contributed by atoms with van der Waals surface area (Å²) in [5, 5.41) is 8.58. The fraction of sp³-hybridized carbons (Fsp3) is 0.917. The predicted molar refractivity (Wildman–Crippen MR) is 60.5 cm³/mol. The van der Waals surface area contributed by atoms with Gasteiger partial charge in [0.25, 0.3) is 0 Å². The maximum atomic E-state index is 8.58. The Morgan fingerprint density at radius 2 is 2.00 bits per heavy atom. The largest absolute Gasteiger partial charge is 0.368 e. The van der Waals surface area contributed by atoms with E-state index in [9.17, 15) is 0 Å². The molecule has 1 saturated heterocycles. The van der Waals surface area contributed by atoms with E-state index in [4.69, 9.17) is 10.00 Å². The van der Waals surface area contributed by atoms with Crippen LogP contribution in [0.2, 0.25) is 0 Å². The smallest absolute Gasteiger partial charge is 0.0789 e. The number of hydrogen-bond donors (Lipinski definition) is 0. The lowest BCUT2D eigenvalue weighted by Crippen LogP contribution is -2.44. The highest BCUT2D eigenvalue weighted by Crippen LogP contribution is 2.39. The van der Waals surface area contributed by atoms with Crippen molar-refractivity contribution in [2.45, 2.75) is 57.8 Å². The normalized spacial score (nSPS) is 27.9. The molecule has 0 saturated carbocycles. The van der Waals surface area contributed by atoms with Gasteiger partial charge >= 0.3 is 0 Å². The Hall–Kier alpha value is -0.590. The number of likely N-dealkylation sites (N-methyl/N-ethyl adjacent to an activating group) is 1. The van der Waals surface area contributed by atoms with Crippen molar-refractivity contribution in [3.63, 3.8) is 0 Å². The van der Waals surface area contributed by atoms with Crippen molar-refractivity contribution >= 4 is 0 Å². The van der Waals surface area contributed by atoms with Crippen LogP contribution in [0.5, 0.6) is 0 Å². The van der Waals surface area contributed by atoms with Crippen LogP contribution in [-0.2, 0) is 4.74 Å². The molecule has 0 radical (unpaired) electrons. The van der Waals surface area contributed by atoms with Crippen LogP contribution < -0.4 is 0 Å². The lowest BCUT2D eigenvalue weighted by molar-refractivity contribution is -0.0784. The molecule has 0 aromatic heterocycles. The Kier molecular flexibility index (Phi) is 3.42. The van der Waals surface area contributed by atoms with E-state index in [1.165, 1.54) is 0 Å². The highest BCUT2D eigenvalue weighted by molar-refractivity contribution is 4.99. The van der Waals surface area contributed by atoms with Crippen LogP contribution in [0.1, 0.15) is 40.5 Å². The van der Waals surface area contributed by atoms with Crippen LogP contribution in [0, 0.1) is 11.3 Å². The van der Waals surface area contributed by atoms with Gasteiger partial charge in [-0.2, -0.15) is 5.26 Å². The summed E-state index contributed by atoms with van der Waals surface area (Å²) >= 11 is 0. The fourth-order valence-electron chi connectivity index (χ4n) is 2.60. The average Bonchev–Trinajstić information content (AvgIpc) is 2.30. The molecule has 86 valence electrons. The summed E-state index contributed by atoms with van der Waals surface area (Å²) in [7, 11) is 2.08. The number of hydrogen-bond acceptors (Lipinski definition) is 3. The Morgan fingerprint density at radius 1 is 1.40 bits per heavy atom. The third-order valence-corrected chi connectivity index (χ3v) is 3.14. The topological polar surface area (TPSA) is 36.3 Å². The first-order chi connectivity index (χ1) is 6.78. The maximum absolute atomic E-state index is 8.58. The standard InChI is InChI=1S/C12H22N2O/c1-11(2)9-10(12(3,4)15-11)14(5)8-6-7-13/h10H,6,8-9H2,1-5H3. The molecule has 1 aliphatic rings. The van der Waals surface area contributed by atoms with E-state index < -0.39 is 0 Å². The van der Waals surface area contributed by atoms with Gasteiger partial charge in [0.15, 0.2) is 0 Å². The first kappa shape index (κ1) is 12.5. The van der Waals surface area contributed by atoms with Crippen LogP contribution in [0.3, 0.4) is 0 Å².